The van der Waals surface area contributed by atoms with Crippen LogP contribution in [0.3, 0.4) is 0 Å². The Balaban J connectivity index is 2.23. The quantitative estimate of drug-likeness (QED) is 0.885. The predicted molar refractivity (Wildman–Crippen MR) is 74.5 cm³/mol. The second-order valence-electron chi connectivity index (χ2n) is 4.36. The fraction of sp³-hybridized carbons (Fsp3) is 0.286. The van der Waals surface area contributed by atoms with Gasteiger partial charge in [-0.25, -0.2) is 0 Å². The Hall–Kier alpha value is -2.30. The molecule has 0 aliphatic carbocycles. The van der Waals surface area contributed by atoms with Gasteiger partial charge in [0.2, 0.25) is 0 Å². The Morgan fingerprint density at radius 1 is 1.32 bits per heavy atom. The van der Waals surface area contributed by atoms with E-state index in [4.69, 9.17) is 4.52 Å². The van der Waals surface area contributed by atoms with Crippen LogP contribution in [-0.4, -0.2) is 17.6 Å². The summed E-state index contributed by atoms with van der Waals surface area (Å²) in [5.74, 6) is 0.876. The van der Waals surface area contributed by atoms with E-state index in [1.54, 1.807) is 19.1 Å². The number of hydrogen-bond acceptors (Lipinski definition) is 4. The molecule has 1 aromatic carbocycles. The molecule has 19 heavy (non-hydrogen) atoms. The number of hydrogen-bond donors (Lipinski definition) is 2. The minimum Gasteiger partial charge on any atom is -0.385 e. The smallest absolute Gasteiger partial charge is 0.259 e. The number of aryl methyl sites for hydroxylation is 2. The van der Waals surface area contributed by atoms with Crippen LogP contribution in [0, 0.1) is 13.8 Å². The number of nitrogens with zero attached hydrogens (tertiary/aromatic N) is 1. The highest BCUT2D eigenvalue weighted by molar-refractivity contribution is 6.07. The molecule has 0 saturated carbocycles. The van der Waals surface area contributed by atoms with Crippen molar-refractivity contribution in [3.05, 3.63) is 41.2 Å². The molecule has 0 saturated heterocycles. The maximum absolute atomic E-state index is 12.2. The number of carbonyl (C=O) groups is 1. The van der Waals surface area contributed by atoms with Crippen LogP contribution < -0.4 is 10.6 Å². The molecule has 1 amide bonds. The normalized spacial score (nSPS) is 10.3. The summed E-state index contributed by atoms with van der Waals surface area (Å²) >= 11 is 0. The zero-order valence-electron chi connectivity index (χ0n) is 11.3. The van der Waals surface area contributed by atoms with E-state index in [2.05, 4.69) is 15.8 Å². The first-order chi connectivity index (χ1) is 9.10. The van der Waals surface area contributed by atoms with Gasteiger partial charge in [0.25, 0.3) is 5.91 Å². The fourth-order valence-corrected chi connectivity index (χ4v) is 1.80. The molecule has 5 heteroatoms. The Morgan fingerprint density at radius 3 is 2.74 bits per heavy atom. The number of rotatable bonds is 4. The summed E-state index contributed by atoms with van der Waals surface area (Å²) in [4.78, 5) is 12.2. The summed E-state index contributed by atoms with van der Waals surface area (Å²) in [5, 5.41) is 9.64. The van der Waals surface area contributed by atoms with Crippen LogP contribution >= 0.6 is 0 Å². The van der Waals surface area contributed by atoms with Crippen molar-refractivity contribution in [1.29, 1.82) is 0 Å². The lowest BCUT2D eigenvalue weighted by molar-refractivity contribution is 0.102. The largest absolute Gasteiger partial charge is 0.385 e. The van der Waals surface area contributed by atoms with Gasteiger partial charge in [-0.15, -0.1) is 0 Å². The molecule has 0 atom stereocenters. The molecule has 0 fully saturated rings. The van der Waals surface area contributed by atoms with Crippen LogP contribution in [0.15, 0.2) is 28.8 Å². The average Bonchev–Trinajstić information content (AvgIpc) is 2.75. The van der Waals surface area contributed by atoms with Crippen LogP contribution in [0.1, 0.15) is 28.6 Å². The van der Waals surface area contributed by atoms with Gasteiger partial charge in [0.05, 0.1) is 5.56 Å². The zero-order valence-corrected chi connectivity index (χ0v) is 11.3. The molecule has 0 aliphatic heterocycles. The Bertz CT molecular complexity index is 590. The molecule has 0 bridgehead atoms. The Morgan fingerprint density at radius 2 is 2.11 bits per heavy atom. The van der Waals surface area contributed by atoms with Gasteiger partial charge in [-0.3, -0.25) is 4.79 Å². The van der Waals surface area contributed by atoms with Crippen molar-refractivity contribution >= 4 is 17.4 Å². The highest BCUT2D eigenvalue weighted by Crippen LogP contribution is 2.19. The highest BCUT2D eigenvalue weighted by atomic mass is 16.5. The molecule has 1 aromatic heterocycles. The minimum absolute atomic E-state index is 0.204. The lowest BCUT2D eigenvalue weighted by Gasteiger charge is -2.10. The number of nitrogens with one attached hydrogen (secondary N) is 2. The van der Waals surface area contributed by atoms with Gasteiger partial charge in [0.1, 0.15) is 5.76 Å². The SMILES string of the molecule is CCNc1cc(C)ccc1C(=O)Nc1cc(C)on1. The lowest BCUT2D eigenvalue weighted by atomic mass is 10.1. The molecule has 2 N–H and O–H groups in total. The predicted octanol–water partition coefficient (Wildman–Crippen LogP) is 2.98. The van der Waals surface area contributed by atoms with Crippen molar-refractivity contribution in [2.45, 2.75) is 20.8 Å². The van der Waals surface area contributed by atoms with Crippen molar-refractivity contribution in [3.63, 3.8) is 0 Å². The third-order valence-corrected chi connectivity index (χ3v) is 2.66. The first-order valence-corrected chi connectivity index (χ1v) is 6.19. The van der Waals surface area contributed by atoms with Gasteiger partial charge in [0.15, 0.2) is 5.82 Å². The minimum atomic E-state index is -0.204. The summed E-state index contributed by atoms with van der Waals surface area (Å²) < 4.78 is 4.92. The van der Waals surface area contributed by atoms with Gasteiger partial charge >= 0.3 is 0 Å². The molecular formula is C14H17N3O2. The van der Waals surface area contributed by atoms with Gasteiger partial charge < -0.3 is 15.2 Å². The number of carbonyl (C=O) groups excluding carboxylic acids is 1. The lowest BCUT2D eigenvalue weighted by Crippen LogP contribution is -2.15. The second-order valence-corrected chi connectivity index (χ2v) is 4.36. The first kappa shape index (κ1) is 13.1. The van der Waals surface area contributed by atoms with E-state index < -0.39 is 0 Å². The Labute approximate surface area is 112 Å². The molecule has 0 unspecified atom stereocenters. The van der Waals surface area contributed by atoms with Crippen molar-refractivity contribution < 1.29 is 9.32 Å². The summed E-state index contributed by atoms with van der Waals surface area (Å²) in [7, 11) is 0. The topological polar surface area (TPSA) is 67.2 Å². The summed E-state index contributed by atoms with van der Waals surface area (Å²) in [6, 6.07) is 7.34. The molecular weight excluding hydrogens is 242 g/mol. The van der Waals surface area contributed by atoms with Crippen molar-refractivity contribution in [2.75, 3.05) is 17.2 Å². The molecule has 2 rings (SSSR count). The summed E-state index contributed by atoms with van der Waals surface area (Å²) in [5.41, 5.74) is 2.51. The number of benzene rings is 1. The molecule has 2 aromatic rings. The maximum Gasteiger partial charge on any atom is 0.259 e. The maximum atomic E-state index is 12.2. The van der Waals surface area contributed by atoms with E-state index in [0.29, 0.717) is 17.1 Å². The standard InChI is InChI=1S/C14H17N3O2/c1-4-15-12-7-9(2)5-6-11(12)14(18)16-13-8-10(3)19-17-13/h5-8,15H,4H2,1-3H3,(H,16,17,18). The molecule has 100 valence electrons. The van der Waals surface area contributed by atoms with Gasteiger partial charge in [0, 0.05) is 18.3 Å². The van der Waals surface area contributed by atoms with Gasteiger partial charge in [-0.2, -0.15) is 0 Å². The van der Waals surface area contributed by atoms with Crippen molar-refractivity contribution in [1.82, 2.24) is 5.16 Å². The number of aromatic nitrogens is 1. The first-order valence-electron chi connectivity index (χ1n) is 6.19. The monoisotopic (exact) mass is 259 g/mol. The fourth-order valence-electron chi connectivity index (χ4n) is 1.80. The van der Waals surface area contributed by atoms with Crippen LogP contribution in [0.5, 0.6) is 0 Å². The van der Waals surface area contributed by atoms with E-state index in [1.165, 1.54) is 0 Å². The molecule has 0 radical (unpaired) electrons. The Kier molecular flexibility index (Phi) is 3.85. The van der Waals surface area contributed by atoms with Crippen molar-refractivity contribution in [3.8, 4) is 0 Å². The summed E-state index contributed by atoms with van der Waals surface area (Å²) in [6.45, 7) is 6.51. The van der Waals surface area contributed by atoms with Crippen LogP contribution in [0.2, 0.25) is 0 Å². The average molecular weight is 259 g/mol. The molecule has 1 heterocycles. The molecule has 5 nitrogen and oxygen atoms in total. The molecule has 0 spiro atoms. The third kappa shape index (κ3) is 3.13. The second kappa shape index (κ2) is 5.56. The van der Waals surface area contributed by atoms with Crippen LogP contribution in [0.4, 0.5) is 11.5 Å². The summed E-state index contributed by atoms with van der Waals surface area (Å²) in [6.07, 6.45) is 0. The van der Waals surface area contributed by atoms with Gasteiger partial charge in [-0.05, 0) is 38.5 Å². The van der Waals surface area contributed by atoms with Crippen LogP contribution in [0.25, 0.3) is 0 Å². The number of anilines is 2. The van der Waals surface area contributed by atoms with Gasteiger partial charge in [-0.1, -0.05) is 11.2 Å². The van der Waals surface area contributed by atoms with E-state index in [9.17, 15) is 4.79 Å². The third-order valence-electron chi connectivity index (χ3n) is 2.66. The van der Waals surface area contributed by atoms with Crippen molar-refractivity contribution in [2.24, 2.45) is 0 Å². The van der Waals surface area contributed by atoms with E-state index in [0.717, 1.165) is 17.8 Å². The van der Waals surface area contributed by atoms with E-state index in [-0.39, 0.29) is 5.91 Å². The molecule has 0 aliphatic rings. The zero-order chi connectivity index (χ0) is 13.8. The van der Waals surface area contributed by atoms with E-state index >= 15 is 0 Å². The number of amides is 1. The highest BCUT2D eigenvalue weighted by Gasteiger charge is 2.13. The van der Waals surface area contributed by atoms with Crippen LogP contribution in [-0.2, 0) is 0 Å². The van der Waals surface area contributed by atoms with E-state index in [1.807, 2.05) is 26.0 Å².